The van der Waals surface area contributed by atoms with Gasteiger partial charge in [-0.1, -0.05) is 45.8 Å². The van der Waals surface area contributed by atoms with E-state index in [1.807, 2.05) is 0 Å². The Morgan fingerprint density at radius 1 is 0.833 bits per heavy atom. The molecule has 0 aromatic heterocycles. The highest BCUT2D eigenvalue weighted by atomic mass is 14.7. The third-order valence-corrected chi connectivity index (χ3v) is 4.73. The fraction of sp³-hybridized carbons (Fsp3) is 0.765. The Kier molecular flexibility index (Phi) is 5.21. The first-order chi connectivity index (χ1) is 8.48. The minimum atomic E-state index is -0.0893. The zero-order valence-electron chi connectivity index (χ0n) is 13.2. The first kappa shape index (κ1) is 15.5. The topological polar surface area (TPSA) is 26.0 Å². The zero-order chi connectivity index (χ0) is 13.9. The van der Waals surface area contributed by atoms with Crippen LogP contribution in [0.3, 0.4) is 0 Å². The van der Waals surface area contributed by atoms with Gasteiger partial charge in [-0.25, -0.2) is 0 Å². The van der Waals surface area contributed by atoms with E-state index in [-0.39, 0.29) is 5.54 Å². The van der Waals surface area contributed by atoms with Crippen LogP contribution in [0.15, 0.2) is 22.3 Å². The van der Waals surface area contributed by atoms with E-state index < -0.39 is 0 Å². The summed E-state index contributed by atoms with van der Waals surface area (Å²) in [5.41, 5.74) is 13.0. The Labute approximate surface area is 114 Å². The molecule has 1 rings (SSSR count). The van der Waals surface area contributed by atoms with Crippen LogP contribution in [0.5, 0.6) is 0 Å². The monoisotopic (exact) mass is 249 g/mol. The van der Waals surface area contributed by atoms with E-state index in [1.54, 1.807) is 22.3 Å². The molecule has 0 amide bonds. The number of allylic oxidation sites excluding steroid dienone is 2. The van der Waals surface area contributed by atoms with Crippen molar-refractivity contribution in [1.82, 2.24) is 0 Å². The van der Waals surface area contributed by atoms with Gasteiger partial charge >= 0.3 is 0 Å². The molecule has 0 aromatic rings. The summed E-state index contributed by atoms with van der Waals surface area (Å²) < 4.78 is 0. The quantitative estimate of drug-likeness (QED) is 0.706. The average molecular weight is 249 g/mol. The molecule has 0 spiro atoms. The van der Waals surface area contributed by atoms with E-state index >= 15 is 0 Å². The summed E-state index contributed by atoms with van der Waals surface area (Å²) in [6.45, 7) is 13.6. The summed E-state index contributed by atoms with van der Waals surface area (Å²) in [7, 11) is 0. The predicted molar refractivity (Wildman–Crippen MR) is 81.6 cm³/mol. The van der Waals surface area contributed by atoms with Gasteiger partial charge in [0.05, 0.1) is 0 Å². The van der Waals surface area contributed by atoms with Gasteiger partial charge in [0.2, 0.25) is 0 Å². The van der Waals surface area contributed by atoms with Crippen LogP contribution >= 0.6 is 0 Å². The summed E-state index contributed by atoms with van der Waals surface area (Å²) in [6.07, 6.45) is 5.65. The van der Waals surface area contributed by atoms with Gasteiger partial charge in [-0.2, -0.15) is 0 Å². The highest BCUT2D eigenvalue weighted by Crippen LogP contribution is 2.47. The van der Waals surface area contributed by atoms with Crippen molar-refractivity contribution in [3.63, 3.8) is 0 Å². The summed E-state index contributed by atoms with van der Waals surface area (Å²) in [5.74, 6) is 0.488. The average Bonchev–Trinajstić information content (AvgIpc) is 2.71. The third-order valence-electron chi connectivity index (χ3n) is 4.73. The van der Waals surface area contributed by atoms with Gasteiger partial charge < -0.3 is 5.73 Å². The van der Waals surface area contributed by atoms with Crippen LogP contribution in [0.1, 0.15) is 73.6 Å². The van der Waals surface area contributed by atoms with Crippen molar-refractivity contribution in [2.75, 3.05) is 0 Å². The summed E-state index contributed by atoms with van der Waals surface area (Å²) in [5, 5.41) is 0. The molecule has 0 radical (unpaired) electrons. The Morgan fingerprint density at radius 3 is 1.44 bits per heavy atom. The fourth-order valence-corrected chi connectivity index (χ4v) is 3.66. The second-order valence-electron chi connectivity index (χ2n) is 5.71. The highest BCUT2D eigenvalue weighted by Gasteiger charge is 2.39. The lowest BCUT2D eigenvalue weighted by atomic mass is 9.75. The van der Waals surface area contributed by atoms with E-state index in [9.17, 15) is 0 Å². The standard InChI is InChI=1S/C17H31N/c1-7-12-13(8-2)15(10-4)16(14(12)9-3)17(6,18)11-5/h16H,7-11,18H2,1-6H3. The molecule has 104 valence electrons. The van der Waals surface area contributed by atoms with Crippen molar-refractivity contribution < 1.29 is 0 Å². The van der Waals surface area contributed by atoms with Crippen molar-refractivity contribution in [3.05, 3.63) is 22.3 Å². The highest BCUT2D eigenvalue weighted by molar-refractivity contribution is 5.51. The molecular weight excluding hydrogens is 218 g/mol. The molecule has 0 fully saturated rings. The molecule has 0 aliphatic heterocycles. The predicted octanol–water partition coefficient (Wildman–Crippen LogP) is 4.98. The second-order valence-corrected chi connectivity index (χ2v) is 5.71. The molecule has 0 bridgehead atoms. The zero-order valence-corrected chi connectivity index (χ0v) is 13.2. The van der Waals surface area contributed by atoms with E-state index in [0.29, 0.717) is 5.92 Å². The molecule has 0 aromatic carbocycles. The van der Waals surface area contributed by atoms with Crippen LogP contribution in [0.4, 0.5) is 0 Å². The minimum absolute atomic E-state index is 0.0893. The molecule has 1 atom stereocenters. The lowest BCUT2D eigenvalue weighted by molar-refractivity contribution is 0.354. The summed E-state index contributed by atoms with van der Waals surface area (Å²) >= 11 is 0. The lowest BCUT2D eigenvalue weighted by Gasteiger charge is -2.35. The Hall–Kier alpha value is -0.560. The van der Waals surface area contributed by atoms with Crippen molar-refractivity contribution in [2.24, 2.45) is 11.7 Å². The molecule has 2 N–H and O–H groups in total. The van der Waals surface area contributed by atoms with Gasteiger partial charge in [0.25, 0.3) is 0 Å². The SMILES string of the molecule is CCC1=C(CC)C(C(C)(N)CC)C(CC)=C1CC. The van der Waals surface area contributed by atoms with Gasteiger partial charge in [-0.15, -0.1) is 0 Å². The molecule has 1 heteroatoms. The smallest absolute Gasteiger partial charge is 0.0227 e. The third kappa shape index (κ3) is 2.42. The fourth-order valence-electron chi connectivity index (χ4n) is 3.66. The number of hydrogen-bond donors (Lipinski definition) is 1. The molecule has 1 nitrogen and oxygen atoms in total. The minimum Gasteiger partial charge on any atom is -0.325 e. The normalized spacial score (nSPS) is 20.8. The Balaban J connectivity index is 3.38. The number of rotatable bonds is 6. The first-order valence-electron chi connectivity index (χ1n) is 7.71. The van der Waals surface area contributed by atoms with E-state index in [2.05, 4.69) is 41.5 Å². The molecule has 18 heavy (non-hydrogen) atoms. The maximum Gasteiger partial charge on any atom is 0.0227 e. The molecule has 0 saturated carbocycles. The Bertz CT molecular complexity index is 330. The van der Waals surface area contributed by atoms with Crippen LogP contribution in [-0.2, 0) is 0 Å². The number of hydrogen-bond acceptors (Lipinski definition) is 1. The van der Waals surface area contributed by atoms with Gasteiger partial charge in [-0.3, -0.25) is 0 Å². The van der Waals surface area contributed by atoms with E-state index in [1.165, 1.54) is 0 Å². The molecule has 1 aliphatic carbocycles. The molecule has 1 aliphatic rings. The summed E-state index contributed by atoms with van der Waals surface area (Å²) in [6, 6.07) is 0. The number of nitrogens with two attached hydrogens (primary N) is 1. The van der Waals surface area contributed by atoms with E-state index in [0.717, 1.165) is 32.1 Å². The Morgan fingerprint density at radius 2 is 1.22 bits per heavy atom. The van der Waals surface area contributed by atoms with Crippen LogP contribution < -0.4 is 5.73 Å². The lowest BCUT2D eigenvalue weighted by Crippen LogP contribution is -2.44. The largest absolute Gasteiger partial charge is 0.325 e. The van der Waals surface area contributed by atoms with Crippen molar-refractivity contribution in [2.45, 2.75) is 79.2 Å². The maximum atomic E-state index is 6.62. The molecular formula is C17H31N. The van der Waals surface area contributed by atoms with Crippen molar-refractivity contribution in [1.29, 1.82) is 0 Å². The van der Waals surface area contributed by atoms with Crippen LogP contribution in [0.25, 0.3) is 0 Å². The van der Waals surface area contributed by atoms with Crippen molar-refractivity contribution in [3.8, 4) is 0 Å². The molecule has 1 unspecified atom stereocenters. The second kappa shape index (κ2) is 6.06. The molecule has 0 saturated heterocycles. The van der Waals surface area contributed by atoms with Gasteiger partial charge in [-0.05, 0) is 50.2 Å². The first-order valence-corrected chi connectivity index (χ1v) is 7.71. The van der Waals surface area contributed by atoms with Gasteiger partial charge in [0, 0.05) is 11.5 Å². The van der Waals surface area contributed by atoms with Gasteiger partial charge in [0.1, 0.15) is 0 Å². The van der Waals surface area contributed by atoms with Crippen LogP contribution in [0, 0.1) is 5.92 Å². The maximum absolute atomic E-state index is 6.62. The van der Waals surface area contributed by atoms with E-state index in [4.69, 9.17) is 5.73 Å². The van der Waals surface area contributed by atoms with Crippen molar-refractivity contribution >= 4 is 0 Å². The van der Waals surface area contributed by atoms with Crippen LogP contribution in [0.2, 0.25) is 0 Å². The van der Waals surface area contributed by atoms with Crippen LogP contribution in [-0.4, -0.2) is 5.54 Å². The molecule has 0 heterocycles. The van der Waals surface area contributed by atoms with Gasteiger partial charge in [0.15, 0.2) is 0 Å². The summed E-state index contributed by atoms with van der Waals surface area (Å²) in [4.78, 5) is 0.